The molecule has 2 rings (SSSR count). The van der Waals surface area contributed by atoms with Crippen LogP contribution in [0.2, 0.25) is 0 Å². The molecule has 11 heteroatoms. The number of nitro groups is 1. The summed E-state index contributed by atoms with van der Waals surface area (Å²) in [6.07, 6.45) is -3.68. The number of hydrogen-bond acceptors (Lipinski definition) is 8. The Bertz CT molecular complexity index is 543. The molecule has 5 atom stereocenters. The molecule has 0 aliphatic carbocycles. The fourth-order valence-corrected chi connectivity index (χ4v) is 2.97. The Morgan fingerprint density at radius 3 is 2.58 bits per heavy atom. The number of aliphatic hydroxyl groups is 1. The van der Waals surface area contributed by atoms with Crippen molar-refractivity contribution in [3.05, 3.63) is 10.1 Å². The Morgan fingerprint density at radius 1 is 1.46 bits per heavy atom. The molecule has 2 unspecified atom stereocenters. The number of carbonyl (C=O) groups excluding carboxylic acids is 2. The van der Waals surface area contributed by atoms with Gasteiger partial charge in [0.05, 0.1) is 12.7 Å². The van der Waals surface area contributed by atoms with E-state index >= 15 is 0 Å². The first-order valence-corrected chi connectivity index (χ1v) is 7.30. The number of aliphatic hydroxyl groups excluding tert-OH is 1. The minimum absolute atomic E-state index is 0.184. The summed E-state index contributed by atoms with van der Waals surface area (Å²) in [5, 5.41) is 21.8. The summed E-state index contributed by atoms with van der Waals surface area (Å²) in [4.78, 5) is 36.4. The maximum absolute atomic E-state index is 12.4. The molecular weight excluding hydrogens is 326 g/mol. The molecular formula is C13H21N3O8. The van der Waals surface area contributed by atoms with Gasteiger partial charge in [0.25, 0.3) is 0 Å². The molecule has 3 amide bonds. The van der Waals surface area contributed by atoms with Crippen LogP contribution in [0.1, 0.15) is 13.3 Å². The van der Waals surface area contributed by atoms with Crippen molar-refractivity contribution in [2.45, 2.75) is 43.5 Å². The standard InChI is InChI=1S/C13H21N3O8/c1-13(16(20)21)10(17)14(2)12(19)15(11(13)18)9-5-7(23-4)8(24-9)6-22-3/h7-9,11,18H,5-6H2,1-4H3/t7-,8+,9+,11?,13?/m0/s1. The van der Waals surface area contributed by atoms with Crippen LogP contribution < -0.4 is 0 Å². The number of rotatable bonds is 5. The van der Waals surface area contributed by atoms with Gasteiger partial charge in [0.15, 0.2) is 0 Å². The number of ether oxygens (including phenoxy) is 3. The highest BCUT2D eigenvalue weighted by atomic mass is 16.6. The maximum Gasteiger partial charge on any atom is 0.340 e. The molecule has 0 bridgehead atoms. The van der Waals surface area contributed by atoms with Crippen LogP contribution in [0.5, 0.6) is 0 Å². The molecule has 11 nitrogen and oxygen atoms in total. The second kappa shape index (κ2) is 6.59. The SMILES string of the molecule is COC[C@H]1O[C@@H](N2C(=O)N(C)C(=O)C(C)([N+](=O)[O-])C2O)C[C@@H]1OC. The van der Waals surface area contributed by atoms with Gasteiger partial charge in [-0.05, 0) is 0 Å². The Balaban J connectivity index is 2.33. The van der Waals surface area contributed by atoms with E-state index in [1.54, 1.807) is 0 Å². The van der Waals surface area contributed by atoms with Crippen LogP contribution in [0.15, 0.2) is 0 Å². The minimum Gasteiger partial charge on any atom is -0.382 e. The first-order valence-electron chi connectivity index (χ1n) is 7.30. The predicted octanol–water partition coefficient (Wildman–Crippen LogP) is -0.989. The van der Waals surface area contributed by atoms with Crippen molar-refractivity contribution in [2.24, 2.45) is 0 Å². The molecule has 2 aliphatic rings. The smallest absolute Gasteiger partial charge is 0.340 e. The molecule has 136 valence electrons. The van der Waals surface area contributed by atoms with Gasteiger partial charge in [-0.15, -0.1) is 0 Å². The number of urea groups is 1. The molecule has 2 aliphatic heterocycles. The number of amides is 3. The quantitative estimate of drug-likeness (QED) is 0.495. The van der Waals surface area contributed by atoms with Crippen molar-refractivity contribution in [1.29, 1.82) is 0 Å². The molecule has 2 fully saturated rings. The molecule has 0 aromatic rings. The fraction of sp³-hybridized carbons (Fsp3) is 0.846. The van der Waals surface area contributed by atoms with Gasteiger partial charge >= 0.3 is 17.5 Å². The van der Waals surface area contributed by atoms with Crippen molar-refractivity contribution in [2.75, 3.05) is 27.9 Å². The molecule has 0 saturated carbocycles. The first-order chi connectivity index (χ1) is 11.2. The summed E-state index contributed by atoms with van der Waals surface area (Å²) < 4.78 is 16.0. The molecule has 2 heterocycles. The third-order valence-corrected chi connectivity index (χ3v) is 4.52. The second-order valence-corrected chi connectivity index (χ2v) is 5.93. The van der Waals surface area contributed by atoms with Gasteiger partial charge in [0.1, 0.15) is 12.3 Å². The highest BCUT2D eigenvalue weighted by Crippen LogP contribution is 2.34. The molecule has 0 radical (unpaired) electrons. The van der Waals surface area contributed by atoms with Crippen LogP contribution in [-0.4, -0.2) is 89.8 Å². The zero-order valence-electron chi connectivity index (χ0n) is 13.9. The molecule has 0 aromatic carbocycles. The lowest BCUT2D eigenvalue weighted by Crippen LogP contribution is -2.73. The van der Waals surface area contributed by atoms with Crippen LogP contribution in [0.3, 0.4) is 0 Å². The zero-order chi connectivity index (χ0) is 18.2. The van der Waals surface area contributed by atoms with E-state index in [0.29, 0.717) is 4.90 Å². The summed E-state index contributed by atoms with van der Waals surface area (Å²) in [6, 6.07) is -0.871. The Labute approximate surface area is 138 Å². The van der Waals surface area contributed by atoms with Gasteiger partial charge in [0.2, 0.25) is 6.23 Å². The first kappa shape index (κ1) is 18.5. The molecule has 24 heavy (non-hydrogen) atoms. The number of methoxy groups -OCH3 is 2. The summed E-state index contributed by atoms with van der Waals surface area (Å²) >= 11 is 0. The van der Waals surface area contributed by atoms with Crippen LogP contribution in [0.25, 0.3) is 0 Å². The summed E-state index contributed by atoms with van der Waals surface area (Å²) in [6.45, 7) is 1.17. The molecule has 0 aromatic heterocycles. The maximum atomic E-state index is 12.4. The zero-order valence-corrected chi connectivity index (χ0v) is 13.9. The second-order valence-electron chi connectivity index (χ2n) is 5.93. The topological polar surface area (TPSA) is 132 Å². The third kappa shape index (κ3) is 2.62. The van der Waals surface area contributed by atoms with E-state index in [1.807, 2.05) is 0 Å². The van der Waals surface area contributed by atoms with E-state index < -0.39 is 47.1 Å². The van der Waals surface area contributed by atoms with Crippen LogP contribution in [-0.2, 0) is 19.0 Å². The van der Waals surface area contributed by atoms with Gasteiger partial charge in [-0.1, -0.05) is 0 Å². The lowest BCUT2D eigenvalue weighted by molar-refractivity contribution is -0.570. The molecule has 1 N–H and O–H groups in total. The largest absolute Gasteiger partial charge is 0.382 e. The van der Waals surface area contributed by atoms with Crippen molar-refractivity contribution in [3.63, 3.8) is 0 Å². The van der Waals surface area contributed by atoms with Crippen molar-refractivity contribution < 1.29 is 33.8 Å². The summed E-state index contributed by atoms with van der Waals surface area (Å²) in [5.74, 6) is -1.09. The third-order valence-electron chi connectivity index (χ3n) is 4.52. The normalized spacial score (nSPS) is 37.2. The van der Waals surface area contributed by atoms with Gasteiger partial charge in [0, 0.05) is 39.5 Å². The van der Waals surface area contributed by atoms with Gasteiger partial charge in [-0.25, -0.2) is 4.79 Å². The van der Waals surface area contributed by atoms with E-state index in [4.69, 9.17) is 14.2 Å². The average Bonchev–Trinajstić information content (AvgIpc) is 2.94. The molecule has 2 saturated heterocycles. The van der Waals surface area contributed by atoms with E-state index in [1.165, 1.54) is 14.2 Å². The van der Waals surface area contributed by atoms with Gasteiger partial charge in [-0.3, -0.25) is 24.7 Å². The Hall–Kier alpha value is -1.82. The number of hydrogen-bond donors (Lipinski definition) is 1. The summed E-state index contributed by atoms with van der Waals surface area (Å²) in [7, 11) is 4.06. The number of imide groups is 1. The fourth-order valence-electron chi connectivity index (χ4n) is 2.97. The van der Waals surface area contributed by atoms with Crippen LogP contribution in [0, 0.1) is 10.1 Å². The highest BCUT2D eigenvalue weighted by molar-refractivity contribution is 6.01. The van der Waals surface area contributed by atoms with Crippen LogP contribution >= 0.6 is 0 Å². The van der Waals surface area contributed by atoms with Crippen LogP contribution in [0.4, 0.5) is 4.79 Å². The molecule has 0 spiro atoms. The predicted molar refractivity (Wildman–Crippen MR) is 77.4 cm³/mol. The lowest BCUT2D eigenvalue weighted by Gasteiger charge is -2.43. The minimum atomic E-state index is -2.38. The summed E-state index contributed by atoms with van der Waals surface area (Å²) in [5.41, 5.74) is -2.38. The highest BCUT2D eigenvalue weighted by Gasteiger charge is 2.64. The van der Waals surface area contributed by atoms with Crippen molar-refractivity contribution in [1.82, 2.24) is 9.80 Å². The lowest BCUT2D eigenvalue weighted by atomic mass is 9.95. The number of likely N-dealkylation sites (N-methyl/N-ethyl adjacent to an activating group) is 1. The Morgan fingerprint density at radius 2 is 2.08 bits per heavy atom. The van der Waals surface area contributed by atoms with Gasteiger partial charge in [-0.2, -0.15) is 0 Å². The average molecular weight is 347 g/mol. The van der Waals surface area contributed by atoms with Crippen molar-refractivity contribution in [3.8, 4) is 0 Å². The van der Waals surface area contributed by atoms with E-state index in [-0.39, 0.29) is 13.0 Å². The number of nitrogens with zero attached hydrogens (tertiary/aromatic N) is 3. The Kier molecular flexibility index (Phi) is 5.08. The van der Waals surface area contributed by atoms with E-state index in [9.17, 15) is 24.8 Å². The monoisotopic (exact) mass is 347 g/mol. The van der Waals surface area contributed by atoms with Crippen molar-refractivity contribution >= 4 is 11.9 Å². The van der Waals surface area contributed by atoms with Gasteiger partial charge < -0.3 is 19.3 Å². The van der Waals surface area contributed by atoms with E-state index in [0.717, 1.165) is 18.9 Å². The van der Waals surface area contributed by atoms with E-state index in [2.05, 4.69) is 0 Å². The number of carbonyl (C=O) groups is 2.